The Bertz CT molecular complexity index is 415. The summed E-state index contributed by atoms with van der Waals surface area (Å²) in [6, 6.07) is 1.39. The Labute approximate surface area is 114 Å². The van der Waals surface area contributed by atoms with Gasteiger partial charge in [0.05, 0.1) is 19.8 Å². The highest BCUT2D eigenvalue weighted by molar-refractivity contribution is 5.47. The Hall–Kier alpha value is -1.61. The summed E-state index contributed by atoms with van der Waals surface area (Å²) in [6.45, 7) is 2.82. The molecule has 0 amide bonds. The molecule has 3 N–H and O–H groups in total. The number of alkyl halides is 3. The number of halogens is 3. The Morgan fingerprint density at radius 1 is 1.20 bits per heavy atom. The van der Waals surface area contributed by atoms with Crippen LogP contribution in [0.4, 0.5) is 24.8 Å². The SMILES string of the molecule is CCNc1cc(NCCOCCO)nc(C(F)(F)F)n1. The zero-order valence-electron chi connectivity index (χ0n) is 11.0. The molecule has 0 atom stereocenters. The van der Waals surface area contributed by atoms with Crippen molar-refractivity contribution in [3.05, 3.63) is 11.9 Å². The molecular weight excluding hydrogens is 277 g/mol. The maximum absolute atomic E-state index is 12.6. The van der Waals surface area contributed by atoms with E-state index in [4.69, 9.17) is 9.84 Å². The largest absolute Gasteiger partial charge is 0.451 e. The summed E-state index contributed by atoms with van der Waals surface area (Å²) in [5, 5.41) is 13.9. The minimum atomic E-state index is -4.60. The molecule has 114 valence electrons. The van der Waals surface area contributed by atoms with Crippen molar-refractivity contribution < 1.29 is 23.0 Å². The van der Waals surface area contributed by atoms with E-state index >= 15 is 0 Å². The van der Waals surface area contributed by atoms with Gasteiger partial charge < -0.3 is 20.5 Å². The van der Waals surface area contributed by atoms with Gasteiger partial charge in [-0.2, -0.15) is 13.2 Å². The topological polar surface area (TPSA) is 79.3 Å². The molecule has 0 aliphatic carbocycles. The average molecular weight is 294 g/mol. The van der Waals surface area contributed by atoms with E-state index < -0.39 is 12.0 Å². The van der Waals surface area contributed by atoms with E-state index in [1.54, 1.807) is 6.92 Å². The molecule has 6 nitrogen and oxygen atoms in total. The van der Waals surface area contributed by atoms with Crippen molar-refractivity contribution in [2.45, 2.75) is 13.1 Å². The standard InChI is InChI=1S/C11H17F3N4O2/c1-2-15-8-7-9(16-3-5-20-6-4-19)18-10(17-8)11(12,13)14/h7,19H,2-6H2,1H3,(H2,15,16,17,18). The van der Waals surface area contributed by atoms with E-state index in [-0.39, 0.29) is 38.0 Å². The molecule has 0 spiro atoms. The highest BCUT2D eigenvalue weighted by Gasteiger charge is 2.35. The summed E-state index contributed by atoms with van der Waals surface area (Å²) < 4.78 is 42.9. The molecule has 0 saturated heterocycles. The first kappa shape index (κ1) is 16.4. The molecule has 1 aromatic rings. The number of aliphatic hydroxyl groups is 1. The Morgan fingerprint density at radius 2 is 1.85 bits per heavy atom. The van der Waals surface area contributed by atoms with E-state index in [0.29, 0.717) is 6.54 Å². The molecule has 0 unspecified atom stereocenters. The van der Waals surface area contributed by atoms with Crippen molar-refractivity contribution in [3.8, 4) is 0 Å². The average Bonchev–Trinajstić information content (AvgIpc) is 2.38. The van der Waals surface area contributed by atoms with Gasteiger partial charge in [-0.3, -0.25) is 0 Å². The zero-order valence-corrected chi connectivity index (χ0v) is 11.0. The first-order valence-electron chi connectivity index (χ1n) is 6.10. The zero-order chi connectivity index (χ0) is 15.0. The third kappa shape index (κ3) is 5.57. The van der Waals surface area contributed by atoms with E-state index in [1.807, 2.05) is 0 Å². The fourth-order valence-electron chi connectivity index (χ4n) is 1.35. The molecule has 0 saturated carbocycles. The van der Waals surface area contributed by atoms with Gasteiger partial charge in [0.25, 0.3) is 0 Å². The Balaban J connectivity index is 2.71. The van der Waals surface area contributed by atoms with Gasteiger partial charge >= 0.3 is 6.18 Å². The molecule has 1 rings (SSSR count). The van der Waals surface area contributed by atoms with Gasteiger partial charge in [-0.05, 0) is 6.92 Å². The van der Waals surface area contributed by atoms with E-state index in [9.17, 15) is 13.2 Å². The summed E-state index contributed by atoms with van der Waals surface area (Å²) in [4.78, 5) is 6.81. The minimum Gasteiger partial charge on any atom is -0.394 e. The quantitative estimate of drug-likeness (QED) is 0.628. The van der Waals surface area contributed by atoms with Crippen molar-refractivity contribution in [1.82, 2.24) is 9.97 Å². The van der Waals surface area contributed by atoms with Crippen molar-refractivity contribution in [2.24, 2.45) is 0 Å². The second kappa shape index (κ2) is 7.85. The lowest BCUT2D eigenvalue weighted by atomic mass is 10.4. The van der Waals surface area contributed by atoms with Gasteiger partial charge in [0, 0.05) is 19.2 Å². The molecule has 0 aliphatic heterocycles. The normalized spacial score (nSPS) is 11.4. The second-order valence-corrected chi connectivity index (χ2v) is 3.75. The number of hydrogen-bond donors (Lipinski definition) is 3. The number of rotatable bonds is 8. The van der Waals surface area contributed by atoms with Crippen LogP contribution in [0.3, 0.4) is 0 Å². The fraction of sp³-hybridized carbons (Fsp3) is 0.636. The minimum absolute atomic E-state index is 0.0656. The number of ether oxygens (including phenoxy) is 1. The van der Waals surface area contributed by atoms with Gasteiger partial charge in [0.15, 0.2) is 0 Å². The van der Waals surface area contributed by atoms with Crippen LogP contribution < -0.4 is 10.6 Å². The first-order chi connectivity index (χ1) is 9.47. The summed E-state index contributed by atoms with van der Waals surface area (Å²) in [5.41, 5.74) is 0. The van der Waals surface area contributed by atoms with Crippen LogP contribution in [-0.2, 0) is 10.9 Å². The monoisotopic (exact) mass is 294 g/mol. The van der Waals surface area contributed by atoms with Crippen LogP contribution in [0.15, 0.2) is 6.07 Å². The smallest absolute Gasteiger partial charge is 0.394 e. The highest BCUT2D eigenvalue weighted by atomic mass is 19.4. The lowest BCUT2D eigenvalue weighted by Gasteiger charge is -2.12. The molecule has 9 heteroatoms. The van der Waals surface area contributed by atoms with E-state index in [2.05, 4.69) is 20.6 Å². The summed E-state index contributed by atoms with van der Waals surface area (Å²) in [5.74, 6) is -1.03. The predicted octanol–water partition coefficient (Wildman–Crippen LogP) is 1.35. The van der Waals surface area contributed by atoms with Crippen LogP contribution in [0.25, 0.3) is 0 Å². The van der Waals surface area contributed by atoms with Crippen molar-refractivity contribution in [3.63, 3.8) is 0 Å². The van der Waals surface area contributed by atoms with Crippen LogP contribution in [0.2, 0.25) is 0 Å². The number of aromatic nitrogens is 2. The van der Waals surface area contributed by atoms with Gasteiger partial charge in [-0.15, -0.1) is 0 Å². The lowest BCUT2D eigenvalue weighted by Crippen LogP contribution is -2.17. The molecule has 0 radical (unpaired) electrons. The van der Waals surface area contributed by atoms with Crippen LogP contribution in [0, 0.1) is 0 Å². The fourth-order valence-corrected chi connectivity index (χ4v) is 1.35. The molecule has 20 heavy (non-hydrogen) atoms. The molecule has 0 bridgehead atoms. The Kier molecular flexibility index (Phi) is 6.46. The third-order valence-corrected chi connectivity index (χ3v) is 2.13. The van der Waals surface area contributed by atoms with E-state index in [0.717, 1.165) is 0 Å². The second-order valence-electron chi connectivity index (χ2n) is 3.75. The molecule has 0 aliphatic rings. The molecule has 1 aromatic heterocycles. The molecule has 0 fully saturated rings. The highest BCUT2D eigenvalue weighted by Crippen LogP contribution is 2.28. The lowest BCUT2D eigenvalue weighted by molar-refractivity contribution is -0.144. The van der Waals surface area contributed by atoms with Gasteiger partial charge in [0.2, 0.25) is 5.82 Å². The van der Waals surface area contributed by atoms with E-state index in [1.165, 1.54) is 6.07 Å². The number of hydrogen-bond acceptors (Lipinski definition) is 6. The van der Waals surface area contributed by atoms with Crippen LogP contribution in [0.1, 0.15) is 12.7 Å². The van der Waals surface area contributed by atoms with Crippen LogP contribution in [0.5, 0.6) is 0 Å². The maximum atomic E-state index is 12.6. The van der Waals surface area contributed by atoms with Gasteiger partial charge in [0.1, 0.15) is 11.6 Å². The Morgan fingerprint density at radius 3 is 2.40 bits per heavy atom. The van der Waals surface area contributed by atoms with Gasteiger partial charge in [-0.1, -0.05) is 0 Å². The molecule has 0 aromatic carbocycles. The third-order valence-electron chi connectivity index (χ3n) is 2.13. The van der Waals surface area contributed by atoms with Crippen molar-refractivity contribution in [1.29, 1.82) is 0 Å². The summed E-state index contributed by atoms with van der Waals surface area (Å²) in [7, 11) is 0. The van der Waals surface area contributed by atoms with Crippen LogP contribution in [-0.4, -0.2) is 48.0 Å². The predicted molar refractivity (Wildman–Crippen MR) is 67.6 cm³/mol. The van der Waals surface area contributed by atoms with Crippen molar-refractivity contribution in [2.75, 3.05) is 43.5 Å². The van der Waals surface area contributed by atoms with Crippen molar-refractivity contribution >= 4 is 11.6 Å². The number of nitrogens with zero attached hydrogens (tertiary/aromatic N) is 2. The summed E-state index contributed by atoms with van der Waals surface area (Å²) >= 11 is 0. The summed E-state index contributed by atoms with van der Waals surface area (Å²) in [6.07, 6.45) is -4.60. The number of nitrogens with one attached hydrogen (secondary N) is 2. The van der Waals surface area contributed by atoms with Gasteiger partial charge in [-0.25, -0.2) is 9.97 Å². The molecule has 1 heterocycles. The number of aliphatic hydroxyl groups excluding tert-OH is 1. The number of anilines is 2. The molecular formula is C11H17F3N4O2. The maximum Gasteiger partial charge on any atom is 0.451 e. The van der Waals surface area contributed by atoms with Crippen LogP contribution >= 0.6 is 0 Å². The first-order valence-corrected chi connectivity index (χ1v) is 6.10.